The molecular formula is C14H26N2O4. The standard InChI is InChI=1S/C14H26N2O4/c17-13(11-20-10-12-1-2-12)9-15-4-3-14(18)16-5-7-19-8-6-16/h12-13,15,17H,1-11H2. The minimum atomic E-state index is -0.493. The minimum absolute atomic E-state index is 0.153. The molecule has 20 heavy (non-hydrogen) atoms. The van der Waals surface area contributed by atoms with E-state index in [2.05, 4.69) is 5.32 Å². The van der Waals surface area contributed by atoms with Crippen LogP contribution in [-0.4, -0.2) is 74.6 Å². The van der Waals surface area contributed by atoms with Crippen molar-refractivity contribution in [2.75, 3.05) is 52.6 Å². The third-order valence-corrected chi connectivity index (χ3v) is 3.62. The number of morpholine rings is 1. The number of hydrogen-bond donors (Lipinski definition) is 2. The van der Waals surface area contributed by atoms with Crippen LogP contribution in [0.1, 0.15) is 19.3 Å². The van der Waals surface area contributed by atoms with Crippen molar-refractivity contribution >= 4 is 5.91 Å². The lowest BCUT2D eigenvalue weighted by Crippen LogP contribution is -2.42. The van der Waals surface area contributed by atoms with Crippen LogP contribution in [0.2, 0.25) is 0 Å². The Hall–Kier alpha value is -0.690. The van der Waals surface area contributed by atoms with Crippen molar-refractivity contribution in [3.05, 3.63) is 0 Å². The molecule has 2 rings (SSSR count). The average molecular weight is 286 g/mol. The van der Waals surface area contributed by atoms with Gasteiger partial charge in [-0.15, -0.1) is 0 Å². The summed E-state index contributed by atoms with van der Waals surface area (Å²) in [7, 11) is 0. The number of ether oxygens (including phenoxy) is 2. The van der Waals surface area contributed by atoms with Crippen molar-refractivity contribution in [1.29, 1.82) is 0 Å². The van der Waals surface area contributed by atoms with Crippen molar-refractivity contribution in [2.45, 2.75) is 25.4 Å². The largest absolute Gasteiger partial charge is 0.389 e. The quantitative estimate of drug-likeness (QED) is 0.565. The van der Waals surface area contributed by atoms with Gasteiger partial charge in [0.05, 0.1) is 25.9 Å². The van der Waals surface area contributed by atoms with Crippen molar-refractivity contribution in [1.82, 2.24) is 10.2 Å². The first-order valence-corrected chi connectivity index (χ1v) is 7.57. The van der Waals surface area contributed by atoms with Gasteiger partial charge in [0.2, 0.25) is 5.91 Å². The maximum atomic E-state index is 11.8. The number of aliphatic hydroxyl groups excluding tert-OH is 1. The number of carbonyl (C=O) groups excluding carboxylic acids is 1. The predicted molar refractivity (Wildman–Crippen MR) is 74.4 cm³/mol. The molecule has 116 valence electrons. The molecule has 0 spiro atoms. The lowest BCUT2D eigenvalue weighted by atomic mass is 10.3. The van der Waals surface area contributed by atoms with E-state index in [0.29, 0.717) is 52.4 Å². The van der Waals surface area contributed by atoms with Crippen molar-refractivity contribution in [2.24, 2.45) is 5.92 Å². The molecule has 1 unspecified atom stereocenters. The number of carbonyl (C=O) groups is 1. The molecule has 2 fully saturated rings. The zero-order valence-electron chi connectivity index (χ0n) is 12.1. The summed E-state index contributed by atoms with van der Waals surface area (Å²) in [5.74, 6) is 0.876. The highest BCUT2D eigenvalue weighted by molar-refractivity contribution is 5.76. The van der Waals surface area contributed by atoms with Gasteiger partial charge in [-0.3, -0.25) is 4.79 Å². The first-order valence-electron chi connectivity index (χ1n) is 7.57. The summed E-state index contributed by atoms with van der Waals surface area (Å²) < 4.78 is 10.6. The van der Waals surface area contributed by atoms with Crippen LogP contribution in [-0.2, 0) is 14.3 Å². The molecule has 1 aliphatic carbocycles. The summed E-state index contributed by atoms with van der Waals surface area (Å²) in [5.41, 5.74) is 0. The molecule has 0 aromatic heterocycles. The van der Waals surface area contributed by atoms with Gasteiger partial charge in [-0.1, -0.05) is 0 Å². The molecule has 0 aromatic carbocycles. The number of nitrogens with one attached hydrogen (secondary N) is 1. The molecule has 1 saturated heterocycles. The van der Waals surface area contributed by atoms with Gasteiger partial charge >= 0.3 is 0 Å². The SMILES string of the molecule is O=C(CCNCC(O)COCC1CC1)N1CCOCC1. The van der Waals surface area contributed by atoms with E-state index < -0.39 is 6.10 Å². The van der Waals surface area contributed by atoms with Gasteiger partial charge in [0.15, 0.2) is 0 Å². The highest BCUT2D eigenvalue weighted by atomic mass is 16.5. The van der Waals surface area contributed by atoms with Gasteiger partial charge in [0.1, 0.15) is 0 Å². The van der Waals surface area contributed by atoms with Crippen LogP contribution < -0.4 is 5.32 Å². The smallest absolute Gasteiger partial charge is 0.224 e. The number of amides is 1. The summed E-state index contributed by atoms with van der Waals surface area (Å²) in [6.45, 7) is 4.86. The number of hydrogen-bond acceptors (Lipinski definition) is 5. The maximum Gasteiger partial charge on any atom is 0.224 e. The molecule has 6 nitrogen and oxygen atoms in total. The third-order valence-electron chi connectivity index (χ3n) is 3.62. The Bertz CT molecular complexity index is 291. The normalized spacial score (nSPS) is 20.9. The highest BCUT2D eigenvalue weighted by Gasteiger charge is 2.21. The molecule has 6 heteroatoms. The van der Waals surface area contributed by atoms with Crippen LogP contribution in [0.4, 0.5) is 0 Å². The maximum absolute atomic E-state index is 11.8. The Morgan fingerprint density at radius 2 is 2.15 bits per heavy atom. The fraction of sp³-hybridized carbons (Fsp3) is 0.929. The monoisotopic (exact) mass is 286 g/mol. The van der Waals surface area contributed by atoms with Gasteiger partial charge < -0.3 is 24.8 Å². The van der Waals surface area contributed by atoms with E-state index in [-0.39, 0.29) is 5.91 Å². The van der Waals surface area contributed by atoms with E-state index in [9.17, 15) is 9.90 Å². The summed E-state index contributed by atoms with van der Waals surface area (Å²) in [6.07, 6.45) is 2.50. The van der Waals surface area contributed by atoms with Crippen molar-refractivity contribution in [3.8, 4) is 0 Å². The molecule has 2 aliphatic rings. The van der Waals surface area contributed by atoms with Crippen LogP contribution in [0, 0.1) is 5.92 Å². The van der Waals surface area contributed by atoms with Crippen LogP contribution in [0.5, 0.6) is 0 Å². The Labute approximate surface area is 120 Å². The van der Waals surface area contributed by atoms with Gasteiger partial charge in [-0.05, 0) is 18.8 Å². The van der Waals surface area contributed by atoms with E-state index in [1.807, 2.05) is 4.90 Å². The Morgan fingerprint density at radius 1 is 1.40 bits per heavy atom. The molecule has 0 radical (unpaired) electrons. The Balaban J connectivity index is 1.44. The predicted octanol–water partition coefficient (Wildman–Crippen LogP) is -0.388. The molecule has 1 amide bonds. The Morgan fingerprint density at radius 3 is 2.85 bits per heavy atom. The molecule has 1 heterocycles. The molecule has 1 atom stereocenters. The van der Waals surface area contributed by atoms with E-state index in [4.69, 9.17) is 9.47 Å². The minimum Gasteiger partial charge on any atom is -0.389 e. The first kappa shape index (κ1) is 15.7. The molecule has 1 saturated carbocycles. The summed E-state index contributed by atoms with van der Waals surface area (Å²) in [5, 5.41) is 12.8. The number of rotatable bonds is 9. The van der Waals surface area contributed by atoms with Crippen LogP contribution in [0.3, 0.4) is 0 Å². The van der Waals surface area contributed by atoms with E-state index in [1.54, 1.807) is 0 Å². The second kappa shape index (κ2) is 8.56. The molecule has 0 bridgehead atoms. The fourth-order valence-corrected chi connectivity index (χ4v) is 2.15. The van der Waals surface area contributed by atoms with Crippen LogP contribution >= 0.6 is 0 Å². The van der Waals surface area contributed by atoms with E-state index >= 15 is 0 Å². The van der Waals surface area contributed by atoms with Crippen molar-refractivity contribution in [3.63, 3.8) is 0 Å². The van der Waals surface area contributed by atoms with Gasteiger partial charge in [0, 0.05) is 39.2 Å². The second-order valence-electron chi connectivity index (χ2n) is 5.58. The number of aliphatic hydroxyl groups is 1. The second-order valence-corrected chi connectivity index (χ2v) is 5.58. The topological polar surface area (TPSA) is 71.0 Å². The van der Waals surface area contributed by atoms with Gasteiger partial charge in [0.25, 0.3) is 0 Å². The molecule has 2 N–H and O–H groups in total. The van der Waals surface area contributed by atoms with Crippen LogP contribution in [0.15, 0.2) is 0 Å². The summed E-state index contributed by atoms with van der Waals surface area (Å²) >= 11 is 0. The summed E-state index contributed by atoms with van der Waals surface area (Å²) in [6, 6.07) is 0. The lowest BCUT2D eigenvalue weighted by Gasteiger charge is -2.26. The van der Waals surface area contributed by atoms with Crippen LogP contribution in [0.25, 0.3) is 0 Å². The first-order chi connectivity index (χ1) is 9.75. The lowest BCUT2D eigenvalue weighted by molar-refractivity contribution is -0.135. The summed E-state index contributed by atoms with van der Waals surface area (Å²) in [4.78, 5) is 13.7. The Kier molecular flexibility index (Phi) is 6.72. The zero-order valence-corrected chi connectivity index (χ0v) is 12.1. The molecule has 0 aromatic rings. The van der Waals surface area contributed by atoms with Gasteiger partial charge in [-0.25, -0.2) is 0 Å². The van der Waals surface area contributed by atoms with E-state index in [1.165, 1.54) is 12.8 Å². The van der Waals surface area contributed by atoms with Crippen molar-refractivity contribution < 1.29 is 19.4 Å². The van der Waals surface area contributed by atoms with Gasteiger partial charge in [-0.2, -0.15) is 0 Å². The zero-order chi connectivity index (χ0) is 14.2. The molecular weight excluding hydrogens is 260 g/mol. The third kappa shape index (κ3) is 6.17. The number of nitrogens with zero attached hydrogens (tertiary/aromatic N) is 1. The van der Waals surface area contributed by atoms with E-state index in [0.717, 1.165) is 12.5 Å². The molecule has 1 aliphatic heterocycles. The fourth-order valence-electron chi connectivity index (χ4n) is 2.15. The highest BCUT2D eigenvalue weighted by Crippen LogP contribution is 2.28. The average Bonchev–Trinajstić information content (AvgIpc) is 3.28.